The van der Waals surface area contributed by atoms with Gasteiger partial charge in [0.05, 0.1) is 11.1 Å². The molecular formula is C20H22ClF2N3O. The zero-order valence-corrected chi connectivity index (χ0v) is 16.1. The Labute approximate surface area is 161 Å². The van der Waals surface area contributed by atoms with Crippen molar-refractivity contribution >= 4 is 17.5 Å². The van der Waals surface area contributed by atoms with E-state index >= 15 is 0 Å². The Balaban J connectivity index is 1.75. The molecular weight excluding hydrogens is 372 g/mol. The van der Waals surface area contributed by atoms with Gasteiger partial charge in [-0.25, -0.2) is 8.78 Å². The van der Waals surface area contributed by atoms with Crippen molar-refractivity contribution in [2.45, 2.75) is 50.5 Å². The molecule has 0 saturated heterocycles. The van der Waals surface area contributed by atoms with Crippen LogP contribution in [0.4, 0.5) is 8.78 Å². The van der Waals surface area contributed by atoms with Crippen molar-refractivity contribution < 1.29 is 13.6 Å². The molecule has 1 aromatic heterocycles. The summed E-state index contributed by atoms with van der Waals surface area (Å²) in [6.07, 6.45) is 2.31. The monoisotopic (exact) mass is 393 g/mol. The van der Waals surface area contributed by atoms with Crippen LogP contribution in [0.2, 0.25) is 5.02 Å². The molecule has 3 unspecified atom stereocenters. The Kier molecular flexibility index (Phi) is 4.49. The van der Waals surface area contributed by atoms with Gasteiger partial charge in [0.15, 0.2) is 0 Å². The van der Waals surface area contributed by atoms with Crippen LogP contribution in [-0.4, -0.2) is 15.7 Å². The van der Waals surface area contributed by atoms with E-state index in [4.69, 9.17) is 11.6 Å². The number of hydrogen-bond donors (Lipinski definition) is 1. The molecule has 1 amide bonds. The summed E-state index contributed by atoms with van der Waals surface area (Å²) in [6, 6.07) is 5.86. The molecule has 0 radical (unpaired) electrons. The van der Waals surface area contributed by atoms with Crippen molar-refractivity contribution in [1.82, 2.24) is 15.1 Å². The highest BCUT2D eigenvalue weighted by Crippen LogP contribution is 2.61. The Morgan fingerprint density at radius 1 is 1.48 bits per heavy atom. The van der Waals surface area contributed by atoms with Gasteiger partial charge in [0, 0.05) is 18.3 Å². The lowest BCUT2D eigenvalue weighted by molar-refractivity contribution is 0.0856. The molecule has 0 spiro atoms. The van der Waals surface area contributed by atoms with E-state index in [1.807, 2.05) is 18.2 Å². The van der Waals surface area contributed by atoms with Crippen LogP contribution in [0, 0.1) is 5.92 Å². The van der Waals surface area contributed by atoms with Gasteiger partial charge in [0.1, 0.15) is 5.69 Å². The molecule has 2 aliphatic carbocycles. The Morgan fingerprint density at radius 3 is 2.96 bits per heavy atom. The van der Waals surface area contributed by atoms with E-state index in [1.165, 1.54) is 23.5 Å². The van der Waals surface area contributed by atoms with Crippen molar-refractivity contribution in [3.8, 4) is 0 Å². The Bertz CT molecular complexity index is 897. The van der Waals surface area contributed by atoms with E-state index in [-0.39, 0.29) is 11.5 Å². The maximum absolute atomic E-state index is 13.3. The summed E-state index contributed by atoms with van der Waals surface area (Å²) in [5.41, 5.74) is 1.19. The van der Waals surface area contributed by atoms with Crippen LogP contribution < -0.4 is 5.32 Å². The molecule has 1 N–H and O–H groups in total. The van der Waals surface area contributed by atoms with Crippen molar-refractivity contribution in [2.24, 2.45) is 13.0 Å². The number of amides is 1. The summed E-state index contributed by atoms with van der Waals surface area (Å²) in [6.45, 7) is 2.13. The fourth-order valence-corrected chi connectivity index (χ4v) is 5.32. The number of rotatable bonds is 5. The average molecular weight is 394 g/mol. The largest absolute Gasteiger partial charge is 0.342 e. The van der Waals surface area contributed by atoms with Gasteiger partial charge in [0.2, 0.25) is 0 Å². The summed E-state index contributed by atoms with van der Waals surface area (Å²) >= 11 is 6.25. The van der Waals surface area contributed by atoms with E-state index < -0.39 is 23.6 Å². The van der Waals surface area contributed by atoms with E-state index in [1.54, 1.807) is 0 Å². The molecule has 1 fully saturated rings. The molecule has 2 aliphatic rings. The van der Waals surface area contributed by atoms with E-state index in [0.29, 0.717) is 10.9 Å². The van der Waals surface area contributed by atoms with E-state index in [0.717, 1.165) is 31.2 Å². The van der Waals surface area contributed by atoms with Crippen LogP contribution in [0.5, 0.6) is 0 Å². The number of benzene rings is 1. The number of nitrogens with one attached hydrogen (secondary N) is 1. The second-order valence-corrected chi connectivity index (χ2v) is 8.04. The van der Waals surface area contributed by atoms with Crippen LogP contribution in [0.15, 0.2) is 24.4 Å². The smallest absolute Gasteiger partial charge is 0.282 e. The summed E-state index contributed by atoms with van der Waals surface area (Å²) in [5, 5.41) is 7.53. The lowest BCUT2D eigenvalue weighted by atomic mass is 9.82. The molecule has 1 aromatic carbocycles. The number of alkyl halides is 2. The number of aromatic nitrogens is 2. The quantitative estimate of drug-likeness (QED) is 0.781. The minimum absolute atomic E-state index is 0.0592. The highest BCUT2D eigenvalue weighted by atomic mass is 35.5. The normalized spacial score (nSPS) is 25.9. The Hall–Kier alpha value is -1.95. The third-order valence-corrected chi connectivity index (χ3v) is 6.34. The van der Waals surface area contributed by atoms with Crippen molar-refractivity contribution in [2.75, 3.05) is 0 Å². The number of carbonyl (C=O) groups is 1. The first-order valence-electron chi connectivity index (χ1n) is 9.31. The number of nitrogens with zero attached hydrogens (tertiary/aromatic N) is 2. The molecule has 0 aliphatic heterocycles. The molecule has 2 bridgehead atoms. The lowest BCUT2D eigenvalue weighted by Crippen LogP contribution is -2.47. The molecule has 1 saturated carbocycles. The predicted octanol–water partition coefficient (Wildman–Crippen LogP) is 4.94. The number of halogens is 3. The van der Waals surface area contributed by atoms with Crippen LogP contribution >= 0.6 is 11.6 Å². The SMILES string of the molecule is CCCC1C2CCC1(NC(=O)c1cn(C)nc1C(F)F)c1cc(Cl)ccc12. The minimum Gasteiger partial charge on any atom is -0.342 e. The standard InChI is InChI=1S/C20H22ClF2N3O/c1-3-4-15-13-7-8-20(15,16-9-11(21)5-6-12(13)16)24-19(27)14-10-26(2)25-17(14)18(22)23/h5-6,9-10,13,15,18H,3-4,7-8H2,1-2H3,(H,24,27). The van der Waals surface area contributed by atoms with Gasteiger partial charge in [-0.15, -0.1) is 0 Å². The molecule has 144 valence electrons. The first-order valence-corrected chi connectivity index (χ1v) is 9.69. The summed E-state index contributed by atoms with van der Waals surface area (Å²) in [7, 11) is 1.54. The second kappa shape index (κ2) is 6.59. The van der Waals surface area contributed by atoms with Gasteiger partial charge in [-0.3, -0.25) is 9.48 Å². The second-order valence-electron chi connectivity index (χ2n) is 7.60. The third-order valence-electron chi connectivity index (χ3n) is 6.11. The van der Waals surface area contributed by atoms with Crippen LogP contribution in [0.1, 0.15) is 72.1 Å². The number of aryl methyl sites for hydroxylation is 1. The topological polar surface area (TPSA) is 46.9 Å². The van der Waals surface area contributed by atoms with E-state index in [9.17, 15) is 13.6 Å². The van der Waals surface area contributed by atoms with Crippen molar-refractivity contribution in [1.29, 1.82) is 0 Å². The molecule has 7 heteroatoms. The van der Waals surface area contributed by atoms with Crippen LogP contribution in [0.3, 0.4) is 0 Å². The molecule has 1 heterocycles. The summed E-state index contributed by atoms with van der Waals surface area (Å²) in [5.74, 6) is 0.139. The molecule has 4 nitrogen and oxygen atoms in total. The number of carbonyl (C=O) groups excluding carboxylic acids is 1. The van der Waals surface area contributed by atoms with Gasteiger partial charge in [-0.2, -0.15) is 5.10 Å². The van der Waals surface area contributed by atoms with Gasteiger partial charge in [-0.1, -0.05) is 31.0 Å². The number of fused-ring (bicyclic) bond motifs is 5. The van der Waals surface area contributed by atoms with Gasteiger partial charge in [0.25, 0.3) is 12.3 Å². The maximum atomic E-state index is 13.3. The van der Waals surface area contributed by atoms with Crippen LogP contribution in [0.25, 0.3) is 0 Å². The molecule has 4 rings (SSSR count). The van der Waals surface area contributed by atoms with Crippen LogP contribution in [-0.2, 0) is 12.6 Å². The summed E-state index contributed by atoms with van der Waals surface area (Å²) < 4.78 is 27.9. The maximum Gasteiger partial charge on any atom is 0.282 e. The third kappa shape index (κ3) is 2.76. The summed E-state index contributed by atoms with van der Waals surface area (Å²) in [4.78, 5) is 13.0. The Morgan fingerprint density at radius 2 is 2.26 bits per heavy atom. The predicted molar refractivity (Wildman–Crippen MR) is 99.1 cm³/mol. The molecule has 2 aromatic rings. The van der Waals surface area contributed by atoms with Gasteiger partial charge < -0.3 is 5.32 Å². The lowest BCUT2D eigenvalue weighted by Gasteiger charge is -2.34. The highest BCUT2D eigenvalue weighted by molar-refractivity contribution is 6.30. The number of hydrogen-bond acceptors (Lipinski definition) is 2. The highest BCUT2D eigenvalue weighted by Gasteiger charge is 2.57. The first kappa shape index (κ1) is 18.4. The zero-order chi connectivity index (χ0) is 19.3. The zero-order valence-electron chi connectivity index (χ0n) is 15.3. The van der Waals surface area contributed by atoms with Gasteiger partial charge in [-0.05, 0) is 54.4 Å². The van der Waals surface area contributed by atoms with E-state index in [2.05, 4.69) is 17.3 Å². The first-order chi connectivity index (χ1) is 12.9. The van der Waals surface area contributed by atoms with Crippen molar-refractivity contribution in [3.63, 3.8) is 0 Å². The molecule has 27 heavy (non-hydrogen) atoms. The average Bonchev–Trinajstić information content (AvgIpc) is 3.24. The van der Waals surface area contributed by atoms with Gasteiger partial charge >= 0.3 is 0 Å². The fraction of sp³-hybridized carbons (Fsp3) is 0.500. The van der Waals surface area contributed by atoms with Crippen molar-refractivity contribution in [3.05, 3.63) is 51.8 Å². The minimum atomic E-state index is -2.79. The fourth-order valence-electron chi connectivity index (χ4n) is 5.15. The molecule has 3 atom stereocenters.